The number of benzene rings is 2. The van der Waals surface area contributed by atoms with Crippen LogP contribution < -0.4 is 11.1 Å². The molecule has 0 amide bonds. The molecular formula is C13H16N2O. The molecule has 0 fully saturated rings. The highest BCUT2D eigenvalue weighted by molar-refractivity contribution is 5.85. The van der Waals surface area contributed by atoms with Crippen molar-refractivity contribution in [2.75, 3.05) is 18.4 Å². The van der Waals surface area contributed by atoms with Crippen molar-refractivity contribution in [1.29, 1.82) is 0 Å². The highest BCUT2D eigenvalue weighted by Crippen LogP contribution is 2.18. The van der Waals surface area contributed by atoms with Gasteiger partial charge in [-0.3, -0.25) is 0 Å². The average molecular weight is 216 g/mol. The Bertz CT molecular complexity index is 470. The van der Waals surface area contributed by atoms with Gasteiger partial charge in [0.15, 0.2) is 0 Å². The maximum Gasteiger partial charge on any atom is 0.0834 e. The first-order chi connectivity index (χ1) is 7.79. The smallest absolute Gasteiger partial charge is 0.0834 e. The lowest BCUT2D eigenvalue weighted by Gasteiger charge is -2.11. The maximum atomic E-state index is 9.35. The van der Waals surface area contributed by atoms with E-state index in [1.165, 1.54) is 10.8 Å². The van der Waals surface area contributed by atoms with E-state index in [2.05, 4.69) is 29.6 Å². The van der Waals surface area contributed by atoms with Gasteiger partial charge in [-0.1, -0.05) is 30.3 Å². The minimum Gasteiger partial charge on any atom is -0.390 e. The Labute approximate surface area is 94.9 Å². The highest BCUT2D eigenvalue weighted by atomic mass is 16.3. The Balaban J connectivity index is 2.13. The van der Waals surface area contributed by atoms with Crippen LogP contribution in [0.15, 0.2) is 42.5 Å². The third-order valence-electron chi connectivity index (χ3n) is 2.56. The number of rotatable bonds is 4. The van der Waals surface area contributed by atoms with E-state index in [4.69, 9.17) is 5.73 Å². The van der Waals surface area contributed by atoms with Crippen LogP contribution >= 0.6 is 0 Å². The summed E-state index contributed by atoms with van der Waals surface area (Å²) in [6.07, 6.45) is -0.494. The van der Waals surface area contributed by atoms with Crippen molar-refractivity contribution in [2.24, 2.45) is 5.73 Å². The Hall–Kier alpha value is -1.58. The van der Waals surface area contributed by atoms with Crippen LogP contribution in [0.4, 0.5) is 5.69 Å². The van der Waals surface area contributed by atoms with Gasteiger partial charge >= 0.3 is 0 Å². The van der Waals surface area contributed by atoms with Crippen LogP contribution in [0.25, 0.3) is 10.8 Å². The number of fused-ring (bicyclic) bond motifs is 1. The molecule has 0 bridgehead atoms. The van der Waals surface area contributed by atoms with Gasteiger partial charge in [-0.05, 0) is 22.9 Å². The zero-order chi connectivity index (χ0) is 11.4. The number of hydrogen-bond donors (Lipinski definition) is 3. The van der Waals surface area contributed by atoms with E-state index < -0.39 is 6.10 Å². The zero-order valence-electron chi connectivity index (χ0n) is 9.06. The molecule has 0 heterocycles. The summed E-state index contributed by atoms with van der Waals surface area (Å²) in [6, 6.07) is 14.3. The second-order valence-corrected chi connectivity index (χ2v) is 3.83. The molecule has 2 rings (SSSR count). The molecule has 0 aliphatic rings. The molecule has 1 unspecified atom stereocenters. The Morgan fingerprint density at radius 3 is 2.62 bits per heavy atom. The molecule has 16 heavy (non-hydrogen) atoms. The standard InChI is InChI=1S/C13H16N2O/c14-8-13(16)9-15-12-6-5-10-3-1-2-4-11(10)7-12/h1-7,13,15-16H,8-9,14H2. The maximum absolute atomic E-state index is 9.35. The third kappa shape index (κ3) is 2.51. The summed E-state index contributed by atoms with van der Waals surface area (Å²) in [4.78, 5) is 0. The van der Waals surface area contributed by atoms with E-state index in [-0.39, 0.29) is 6.54 Å². The van der Waals surface area contributed by atoms with Crippen molar-refractivity contribution in [2.45, 2.75) is 6.10 Å². The van der Waals surface area contributed by atoms with Crippen molar-refractivity contribution in [1.82, 2.24) is 0 Å². The van der Waals surface area contributed by atoms with Gasteiger partial charge in [-0.2, -0.15) is 0 Å². The topological polar surface area (TPSA) is 58.3 Å². The lowest BCUT2D eigenvalue weighted by molar-refractivity contribution is 0.196. The van der Waals surface area contributed by atoms with Crippen LogP contribution in [0, 0.1) is 0 Å². The minimum atomic E-state index is -0.494. The molecule has 0 spiro atoms. The number of nitrogens with two attached hydrogens (primary N) is 1. The number of aliphatic hydroxyl groups excluding tert-OH is 1. The Morgan fingerprint density at radius 2 is 1.88 bits per heavy atom. The molecule has 0 radical (unpaired) electrons. The SMILES string of the molecule is NCC(O)CNc1ccc2ccccc2c1. The van der Waals surface area contributed by atoms with Gasteiger partial charge in [-0.15, -0.1) is 0 Å². The highest BCUT2D eigenvalue weighted by Gasteiger charge is 2.00. The van der Waals surface area contributed by atoms with Crippen LogP contribution in [-0.4, -0.2) is 24.3 Å². The molecular weight excluding hydrogens is 200 g/mol. The third-order valence-corrected chi connectivity index (χ3v) is 2.56. The Morgan fingerprint density at radius 1 is 1.12 bits per heavy atom. The predicted octanol–water partition coefficient (Wildman–Crippen LogP) is 1.57. The van der Waals surface area contributed by atoms with Gasteiger partial charge in [0.2, 0.25) is 0 Å². The zero-order valence-corrected chi connectivity index (χ0v) is 9.06. The molecule has 3 nitrogen and oxygen atoms in total. The van der Waals surface area contributed by atoms with Gasteiger partial charge < -0.3 is 16.2 Å². The van der Waals surface area contributed by atoms with Crippen LogP contribution in [0.2, 0.25) is 0 Å². The number of nitrogens with one attached hydrogen (secondary N) is 1. The van der Waals surface area contributed by atoms with Crippen molar-refractivity contribution < 1.29 is 5.11 Å². The molecule has 3 heteroatoms. The van der Waals surface area contributed by atoms with Crippen molar-refractivity contribution in [3.63, 3.8) is 0 Å². The molecule has 0 saturated heterocycles. The number of hydrogen-bond acceptors (Lipinski definition) is 3. The second-order valence-electron chi connectivity index (χ2n) is 3.83. The molecule has 0 saturated carbocycles. The summed E-state index contributed by atoms with van der Waals surface area (Å²) in [6.45, 7) is 0.759. The van der Waals surface area contributed by atoms with Gasteiger partial charge in [0, 0.05) is 18.8 Å². The van der Waals surface area contributed by atoms with Crippen molar-refractivity contribution in [3.05, 3.63) is 42.5 Å². The van der Waals surface area contributed by atoms with Crippen LogP contribution in [0.1, 0.15) is 0 Å². The van der Waals surface area contributed by atoms with E-state index in [9.17, 15) is 5.11 Å². The van der Waals surface area contributed by atoms with E-state index in [0.29, 0.717) is 6.54 Å². The first kappa shape index (κ1) is 10.9. The number of anilines is 1. The van der Waals surface area contributed by atoms with Crippen LogP contribution in [0.5, 0.6) is 0 Å². The van der Waals surface area contributed by atoms with Gasteiger partial charge in [0.1, 0.15) is 0 Å². The number of aliphatic hydroxyl groups is 1. The van der Waals surface area contributed by atoms with Crippen molar-refractivity contribution in [3.8, 4) is 0 Å². The normalized spacial score (nSPS) is 12.6. The molecule has 0 aliphatic carbocycles. The summed E-state index contributed by atoms with van der Waals surface area (Å²) in [7, 11) is 0. The lowest BCUT2D eigenvalue weighted by Crippen LogP contribution is -2.27. The van der Waals surface area contributed by atoms with E-state index in [1.807, 2.05) is 18.2 Å². The molecule has 2 aromatic carbocycles. The molecule has 0 aliphatic heterocycles. The summed E-state index contributed by atoms with van der Waals surface area (Å²) < 4.78 is 0. The lowest BCUT2D eigenvalue weighted by atomic mass is 10.1. The average Bonchev–Trinajstić information content (AvgIpc) is 2.35. The fourth-order valence-corrected chi connectivity index (χ4v) is 1.62. The van der Waals surface area contributed by atoms with Gasteiger partial charge in [-0.25, -0.2) is 0 Å². The summed E-state index contributed by atoms with van der Waals surface area (Å²) in [5.74, 6) is 0. The minimum absolute atomic E-state index is 0.278. The van der Waals surface area contributed by atoms with Crippen LogP contribution in [0.3, 0.4) is 0 Å². The molecule has 84 valence electrons. The molecule has 0 aromatic heterocycles. The first-order valence-electron chi connectivity index (χ1n) is 5.40. The fraction of sp³-hybridized carbons (Fsp3) is 0.231. The van der Waals surface area contributed by atoms with E-state index >= 15 is 0 Å². The first-order valence-corrected chi connectivity index (χ1v) is 5.40. The van der Waals surface area contributed by atoms with Crippen molar-refractivity contribution >= 4 is 16.5 Å². The van der Waals surface area contributed by atoms with Gasteiger partial charge in [0.05, 0.1) is 6.10 Å². The monoisotopic (exact) mass is 216 g/mol. The quantitative estimate of drug-likeness (QED) is 0.727. The molecule has 4 N–H and O–H groups in total. The predicted molar refractivity (Wildman–Crippen MR) is 67.5 cm³/mol. The van der Waals surface area contributed by atoms with E-state index in [0.717, 1.165) is 5.69 Å². The second kappa shape index (κ2) is 4.96. The molecule has 2 aromatic rings. The Kier molecular flexibility index (Phi) is 3.39. The summed E-state index contributed by atoms with van der Waals surface area (Å²) >= 11 is 0. The van der Waals surface area contributed by atoms with Gasteiger partial charge in [0.25, 0.3) is 0 Å². The fourth-order valence-electron chi connectivity index (χ4n) is 1.62. The summed E-state index contributed by atoms with van der Waals surface area (Å²) in [5, 5.41) is 14.9. The van der Waals surface area contributed by atoms with E-state index in [1.54, 1.807) is 0 Å². The summed E-state index contributed by atoms with van der Waals surface area (Å²) in [5.41, 5.74) is 6.34. The molecule has 1 atom stereocenters. The van der Waals surface area contributed by atoms with Crippen LogP contribution in [-0.2, 0) is 0 Å². The largest absolute Gasteiger partial charge is 0.390 e.